The van der Waals surface area contributed by atoms with Crippen molar-refractivity contribution in [2.24, 2.45) is 4.99 Å². The van der Waals surface area contributed by atoms with E-state index in [2.05, 4.69) is 24.0 Å². The maximum atomic E-state index is 14.7. The number of halogens is 1. The smallest absolute Gasteiger partial charge is 0.149 e. The number of ether oxygens (including phenoxy) is 2. The lowest BCUT2D eigenvalue weighted by atomic mass is 9.87. The third kappa shape index (κ3) is 4.20. The Bertz CT molecular complexity index is 831. The first kappa shape index (κ1) is 19.5. The predicted molar refractivity (Wildman–Crippen MR) is 106 cm³/mol. The van der Waals surface area contributed by atoms with E-state index < -0.39 is 5.60 Å². The Hall–Kier alpha value is -2.24. The molecule has 0 unspecified atom stereocenters. The molecule has 1 aliphatic heterocycles. The van der Waals surface area contributed by atoms with Crippen LogP contribution in [0.2, 0.25) is 0 Å². The Morgan fingerprint density at radius 2 is 1.96 bits per heavy atom. The molecule has 1 heterocycles. The van der Waals surface area contributed by atoms with Crippen molar-refractivity contribution in [2.45, 2.75) is 33.0 Å². The maximum absolute atomic E-state index is 14.7. The van der Waals surface area contributed by atoms with Gasteiger partial charge in [0, 0.05) is 13.6 Å². The molecule has 0 radical (unpaired) electrons. The van der Waals surface area contributed by atoms with Crippen LogP contribution in [0.4, 0.5) is 10.1 Å². The third-order valence-electron chi connectivity index (χ3n) is 5.11. The number of aryl methyl sites for hydroxylation is 2. The first-order chi connectivity index (χ1) is 12.9. The van der Waals surface area contributed by atoms with Crippen molar-refractivity contribution < 1.29 is 13.9 Å². The highest BCUT2D eigenvalue weighted by molar-refractivity contribution is 5.62. The van der Waals surface area contributed by atoms with E-state index in [1.54, 1.807) is 18.5 Å². The van der Waals surface area contributed by atoms with Crippen LogP contribution >= 0.6 is 0 Å². The summed E-state index contributed by atoms with van der Waals surface area (Å²) in [5.74, 6) is -0.345. The number of nitrogens with zero attached hydrogens (tertiary/aromatic N) is 2. The Balaban J connectivity index is 1.83. The van der Waals surface area contributed by atoms with Crippen molar-refractivity contribution in [2.75, 3.05) is 26.8 Å². The van der Waals surface area contributed by atoms with Gasteiger partial charge in [-0.2, -0.15) is 0 Å². The molecular weight excluding hydrogens is 343 g/mol. The van der Waals surface area contributed by atoms with E-state index in [0.29, 0.717) is 25.5 Å². The molecule has 0 saturated carbocycles. The minimum atomic E-state index is -0.602. The van der Waals surface area contributed by atoms with E-state index >= 15 is 0 Å². The molecule has 4 nitrogen and oxygen atoms in total. The monoisotopic (exact) mass is 370 g/mol. The van der Waals surface area contributed by atoms with E-state index in [0.717, 1.165) is 23.2 Å². The van der Waals surface area contributed by atoms with Crippen molar-refractivity contribution in [3.05, 3.63) is 64.5 Å². The van der Waals surface area contributed by atoms with Crippen LogP contribution in [0.15, 0.2) is 41.4 Å². The zero-order valence-electron chi connectivity index (χ0n) is 16.5. The normalized spacial score (nSPS) is 15.7. The third-order valence-corrected chi connectivity index (χ3v) is 5.11. The lowest BCUT2D eigenvalue weighted by Crippen LogP contribution is -2.49. The van der Waals surface area contributed by atoms with Crippen molar-refractivity contribution >= 4 is 12.0 Å². The summed E-state index contributed by atoms with van der Waals surface area (Å²) in [4.78, 5) is 6.16. The van der Waals surface area contributed by atoms with Gasteiger partial charge in [-0.25, -0.2) is 9.38 Å². The topological polar surface area (TPSA) is 34.1 Å². The molecule has 0 spiro atoms. The molecule has 0 amide bonds. The molecule has 1 saturated heterocycles. The second-order valence-electron chi connectivity index (χ2n) is 7.14. The molecule has 0 bridgehead atoms. The summed E-state index contributed by atoms with van der Waals surface area (Å²) in [6.07, 6.45) is 1.65. The van der Waals surface area contributed by atoms with Gasteiger partial charge in [0.1, 0.15) is 17.1 Å². The van der Waals surface area contributed by atoms with Crippen LogP contribution < -0.4 is 0 Å². The lowest BCUT2D eigenvalue weighted by molar-refractivity contribution is -0.223. The number of benzene rings is 2. The molecule has 0 aromatic heterocycles. The van der Waals surface area contributed by atoms with Gasteiger partial charge >= 0.3 is 0 Å². The Morgan fingerprint density at radius 3 is 2.59 bits per heavy atom. The molecule has 0 aliphatic carbocycles. The number of rotatable bonds is 7. The predicted octanol–water partition coefficient (Wildman–Crippen LogP) is 4.50. The van der Waals surface area contributed by atoms with Gasteiger partial charge in [-0.15, -0.1) is 0 Å². The lowest BCUT2D eigenvalue weighted by Gasteiger charge is -2.42. The van der Waals surface area contributed by atoms with Gasteiger partial charge in [0.2, 0.25) is 0 Å². The Kier molecular flexibility index (Phi) is 5.92. The second kappa shape index (κ2) is 8.19. The standard InChI is InChI=1S/C22H27FN2O2/c1-5-25(4)15-24-21-10-17(3)19(11-20(21)23)22(13-26-14-22)27-12-18-9-7-6-8-16(18)2/h6-11,15H,5,12-14H2,1-4H3. The van der Waals surface area contributed by atoms with E-state index in [4.69, 9.17) is 9.47 Å². The highest BCUT2D eigenvalue weighted by atomic mass is 19.1. The molecule has 5 heteroatoms. The molecule has 3 rings (SSSR count). The Labute approximate surface area is 160 Å². The molecule has 144 valence electrons. The van der Waals surface area contributed by atoms with Crippen LogP contribution in [-0.2, 0) is 21.7 Å². The van der Waals surface area contributed by atoms with E-state index in [-0.39, 0.29) is 5.82 Å². The summed E-state index contributed by atoms with van der Waals surface area (Å²) < 4.78 is 26.4. The molecule has 2 aromatic rings. The van der Waals surface area contributed by atoms with Gasteiger partial charge in [-0.3, -0.25) is 0 Å². The van der Waals surface area contributed by atoms with Gasteiger partial charge in [0.25, 0.3) is 0 Å². The molecule has 0 atom stereocenters. The van der Waals surface area contributed by atoms with E-state index in [9.17, 15) is 4.39 Å². The second-order valence-corrected chi connectivity index (χ2v) is 7.14. The summed E-state index contributed by atoms with van der Waals surface area (Å²) in [6.45, 7) is 8.19. The fourth-order valence-electron chi connectivity index (χ4n) is 3.09. The van der Waals surface area contributed by atoms with Gasteiger partial charge < -0.3 is 14.4 Å². The van der Waals surface area contributed by atoms with Crippen LogP contribution in [0.1, 0.15) is 29.2 Å². The number of hydrogen-bond donors (Lipinski definition) is 0. The fraction of sp³-hybridized carbons (Fsp3) is 0.409. The zero-order chi connectivity index (χ0) is 19.4. The molecular formula is C22H27FN2O2. The molecule has 0 N–H and O–H groups in total. The largest absolute Gasteiger partial charge is 0.375 e. The van der Waals surface area contributed by atoms with Crippen LogP contribution in [0, 0.1) is 19.7 Å². The highest BCUT2D eigenvalue weighted by Crippen LogP contribution is 2.38. The van der Waals surface area contributed by atoms with E-state index in [1.165, 1.54) is 5.56 Å². The van der Waals surface area contributed by atoms with Crippen LogP contribution in [0.5, 0.6) is 0 Å². The highest BCUT2D eigenvalue weighted by Gasteiger charge is 2.43. The minimum absolute atomic E-state index is 0.339. The van der Waals surface area contributed by atoms with Gasteiger partial charge in [-0.05, 0) is 55.2 Å². The summed E-state index contributed by atoms with van der Waals surface area (Å²) >= 11 is 0. The first-order valence-corrected chi connectivity index (χ1v) is 9.26. The number of aliphatic imine (C=N–C) groups is 1. The summed E-state index contributed by atoms with van der Waals surface area (Å²) in [6, 6.07) is 11.5. The van der Waals surface area contributed by atoms with Crippen LogP contribution in [0.3, 0.4) is 0 Å². The molecule has 2 aromatic carbocycles. The van der Waals surface area contributed by atoms with Gasteiger partial charge in [-0.1, -0.05) is 24.3 Å². The van der Waals surface area contributed by atoms with Gasteiger partial charge in [0.15, 0.2) is 0 Å². The number of hydrogen-bond acceptors (Lipinski definition) is 3. The first-order valence-electron chi connectivity index (χ1n) is 9.26. The maximum Gasteiger partial charge on any atom is 0.149 e. The summed E-state index contributed by atoms with van der Waals surface area (Å²) in [5, 5.41) is 0. The summed E-state index contributed by atoms with van der Waals surface area (Å²) in [7, 11) is 1.91. The minimum Gasteiger partial charge on any atom is -0.375 e. The summed E-state index contributed by atoms with van der Waals surface area (Å²) in [5.41, 5.74) is 3.84. The van der Waals surface area contributed by atoms with Gasteiger partial charge in [0.05, 0.1) is 26.2 Å². The van der Waals surface area contributed by atoms with Crippen molar-refractivity contribution in [3.63, 3.8) is 0 Å². The average Bonchev–Trinajstić information content (AvgIpc) is 2.63. The molecule has 1 fully saturated rings. The molecule has 1 aliphatic rings. The average molecular weight is 370 g/mol. The zero-order valence-corrected chi connectivity index (χ0v) is 16.5. The van der Waals surface area contributed by atoms with Crippen LogP contribution in [0.25, 0.3) is 0 Å². The van der Waals surface area contributed by atoms with Crippen molar-refractivity contribution in [3.8, 4) is 0 Å². The van der Waals surface area contributed by atoms with Crippen molar-refractivity contribution in [1.29, 1.82) is 0 Å². The quantitative estimate of drug-likeness (QED) is 0.532. The fourth-order valence-corrected chi connectivity index (χ4v) is 3.09. The van der Waals surface area contributed by atoms with Crippen molar-refractivity contribution in [1.82, 2.24) is 4.90 Å². The molecule has 27 heavy (non-hydrogen) atoms. The Morgan fingerprint density at radius 1 is 1.22 bits per heavy atom. The van der Waals surface area contributed by atoms with Crippen LogP contribution in [-0.4, -0.2) is 38.0 Å². The van der Waals surface area contributed by atoms with E-state index in [1.807, 2.05) is 37.9 Å². The SMILES string of the molecule is CCN(C)C=Nc1cc(C)c(C2(OCc3ccccc3C)COC2)cc1F.